The van der Waals surface area contributed by atoms with Gasteiger partial charge in [0, 0.05) is 11.6 Å². The maximum absolute atomic E-state index is 12.6. The van der Waals surface area contributed by atoms with E-state index >= 15 is 0 Å². The number of nitrogens with one attached hydrogen (secondary N) is 1. The van der Waals surface area contributed by atoms with Crippen LogP contribution in [0.5, 0.6) is 0 Å². The van der Waals surface area contributed by atoms with E-state index in [4.69, 9.17) is 0 Å². The predicted octanol–water partition coefficient (Wildman–Crippen LogP) is 3.73. The van der Waals surface area contributed by atoms with E-state index in [9.17, 15) is 8.78 Å². The number of rotatable bonds is 5. The van der Waals surface area contributed by atoms with Crippen molar-refractivity contribution in [1.82, 2.24) is 5.32 Å². The molecule has 0 aliphatic heterocycles. The summed E-state index contributed by atoms with van der Waals surface area (Å²) in [5.41, 5.74) is 1.21. The molecule has 1 aliphatic rings. The molecule has 0 radical (unpaired) electrons. The molecular weight excluding hydrogens is 220 g/mol. The highest BCUT2D eigenvalue weighted by atomic mass is 19.3. The zero-order valence-corrected chi connectivity index (χ0v) is 10.3. The average molecular weight is 239 g/mol. The second-order valence-electron chi connectivity index (χ2n) is 5.14. The first-order valence-electron chi connectivity index (χ1n) is 6.19. The topological polar surface area (TPSA) is 12.0 Å². The summed E-state index contributed by atoms with van der Waals surface area (Å²) in [6.45, 7) is 5.23. The van der Waals surface area contributed by atoms with Crippen molar-refractivity contribution in [1.29, 1.82) is 0 Å². The summed E-state index contributed by atoms with van der Waals surface area (Å²) in [5.74, 6) is 1.09. The first kappa shape index (κ1) is 12.5. The van der Waals surface area contributed by atoms with Gasteiger partial charge in [0.15, 0.2) is 0 Å². The zero-order chi connectivity index (χ0) is 12.4. The molecule has 2 atom stereocenters. The molecule has 1 fully saturated rings. The zero-order valence-electron chi connectivity index (χ0n) is 10.3. The van der Waals surface area contributed by atoms with E-state index in [-0.39, 0.29) is 5.56 Å². The Kier molecular flexibility index (Phi) is 3.77. The third-order valence-corrected chi connectivity index (χ3v) is 3.30. The molecule has 0 spiro atoms. The lowest BCUT2D eigenvalue weighted by Gasteiger charge is -2.08. The van der Waals surface area contributed by atoms with Crippen LogP contribution in [0.1, 0.15) is 43.7 Å². The number of halogens is 2. The van der Waals surface area contributed by atoms with Crippen LogP contribution in [0.3, 0.4) is 0 Å². The molecule has 0 aromatic heterocycles. The highest BCUT2D eigenvalue weighted by molar-refractivity contribution is 5.31. The Labute approximate surface area is 101 Å². The fourth-order valence-electron chi connectivity index (χ4n) is 2.19. The second kappa shape index (κ2) is 5.13. The molecule has 1 aromatic rings. The van der Waals surface area contributed by atoms with Gasteiger partial charge in [0.25, 0.3) is 6.43 Å². The first-order valence-corrected chi connectivity index (χ1v) is 6.19. The SMILES string of the molecule is CC(C)NCC1CC1c1cccc(C(F)F)c1. The van der Waals surface area contributed by atoms with Crippen LogP contribution >= 0.6 is 0 Å². The van der Waals surface area contributed by atoms with Crippen LogP contribution in [0.2, 0.25) is 0 Å². The van der Waals surface area contributed by atoms with E-state index in [0.29, 0.717) is 17.9 Å². The Bertz CT molecular complexity index is 376. The number of benzene rings is 1. The second-order valence-corrected chi connectivity index (χ2v) is 5.14. The monoisotopic (exact) mass is 239 g/mol. The van der Waals surface area contributed by atoms with Gasteiger partial charge >= 0.3 is 0 Å². The maximum Gasteiger partial charge on any atom is 0.263 e. The minimum Gasteiger partial charge on any atom is -0.314 e. The lowest BCUT2D eigenvalue weighted by atomic mass is 10.1. The van der Waals surface area contributed by atoms with Crippen molar-refractivity contribution in [3.8, 4) is 0 Å². The predicted molar refractivity (Wildman–Crippen MR) is 65.4 cm³/mol. The molecule has 1 N–H and O–H groups in total. The summed E-state index contributed by atoms with van der Waals surface area (Å²) in [6.07, 6.45) is -1.24. The van der Waals surface area contributed by atoms with Crippen molar-refractivity contribution in [2.75, 3.05) is 6.54 Å². The minimum absolute atomic E-state index is 0.143. The van der Waals surface area contributed by atoms with Gasteiger partial charge < -0.3 is 5.32 Å². The molecule has 1 aliphatic carbocycles. The number of hydrogen-bond donors (Lipinski definition) is 1. The molecule has 0 saturated heterocycles. The summed E-state index contributed by atoms with van der Waals surface area (Å²) >= 11 is 0. The van der Waals surface area contributed by atoms with Gasteiger partial charge in [-0.15, -0.1) is 0 Å². The van der Waals surface area contributed by atoms with E-state index in [2.05, 4.69) is 19.2 Å². The summed E-state index contributed by atoms with van der Waals surface area (Å²) in [4.78, 5) is 0. The van der Waals surface area contributed by atoms with Gasteiger partial charge in [0.1, 0.15) is 0 Å². The smallest absolute Gasteiger partial charge is 0.263 e. The Hall–Kier alpha value is -0.960. The van der Waals surface area contributed by atoms with Gasteiger partial charge in [0.2, 0.25) is 0 Å². The minimum atomic E-state index is -2.36. The van der Waals surface area contributed by atoms with E-state index in [0.717, 1.165) is 18.5 Å². The van der Waals surface area contributed by atoms with E-state index in [1.165, 1.54) is 6.07 Å². The van der Waals surface area contributed by atoms with Crippen LogP contribution in [0, 0.1) is 5.92 Å². The molecule has 0 heterocycles. The summed E-state index contributed by atoms with van der Waals surface area (Å²) < 4.78 is 25.1. The Balaban J connectivity index is 1.94. The Morgan fingerprint density at radius 3 is 2.76 bits per heavy atom. The normalized spacial score (nSPS) is 23.4. The molecule has 94 valence electrons. The molecule has 2 unspecified atom stereocenters. The van der Waals surface area contributed by atoms with Crippen molar-refractivity contribution in [2.45, 2.75) is 38.7 Å². The molecule has 3 heteroatoms. The summed E-state index contributed by atoms with van der Waals surface area (Å²) in [5, 5.41) is 3.40. The molecular formula is C14H19F2N. The number of hydrogen-bond acceptors (Lipinski definition) is 1. The van der Waals surface area contributed by atoms with Crippen LogP contribution in [0.25, 0.3) is 0 Å². The molecule has 1 saturated carbocycles. The lowest BCUT2D eigenvalue weighted by molar-refractivity contribution is 0.151. The third-order valence-electron chi connectivity index (χ3n) is 3.30. The average Bonchev–Trinajstić information content (AvgIpc) is 3.06. The summed E-state index contributed by atoms with van der Waals surface area (Å²) in [6, 6.07) is 7.35. The third kappa shape index (κ3) is 3.25. The van der Waals surface area contributed by atoms with E-state index < -0.39 is 6.43 Å². The van der Waals surface area contributed by atoms with E-state index in [1.54, 1.807) is 12.1 Å². The first-order chi connectivity index (χ1) is 8.08. The van der Waals surface area contributed by atoms with Gasteiger partial charge in [-0.1, -0.05) is 32.0 Å². The molecule has 0 amide bonds. The standard InChI is InChI=1S/C14H19F2N/c1-9(2)17-8-12-7-13(12)10-4-3-5-11(6-10)14(15)16/h3-6,9,12-14,17H,7-8H2,1-2H3. The van der Waals surface area contributed by atoms with Crippen molar-refractivity contribution < 1.29 is 8.78 Å². The Morgan fingerprint density at radius 2 is 2.12 bits per heavy atom. The van der Waals surface area contributed by atoms with Crippen molar-refractivity contribution in [2.24, 2.45) is 5.92 Å². The fourth-order valence-corrected chi connectivity index (χ4v) is 2.19. The van der Waals surface area contributed by atoms with Crippen LogP contribution in [0.15, 0.2) is 24.3 Å². The molecule has 2 rings (SSSR count). The summed E-state index contributed by atoms with van der Waals surface area (Å²) in [7, 11) is 0. The Morgan fingerprint density at radius 1 is 1.35 bits per heavy atom. The highest BCUT2D eigenvalue weighted by Gasteiger charge is 2.37. The van der Waals surface area contributed by atoms with Crippen molar-refractivity contribution in [3.05, 3.63) is 35.4 Å². The van der Waals surface area contributed by atoms with Crippen molar-refractivity contribution in [3.63, 3.8) is 0 Å². The highest BCUT2D eigenvalue weighted by Crippen LogP contribution is 2.47. The van der Waals surface area contributed by atoms with Gasteiger partial charge in [-0.3, -0.25) is 0 Å². The molecule has 17 heavy (non-hydrogen) atoms. The quantitative estimate of drug-likeness (QED) is 0.825. The molecule has 1 nitrogen and oxygen atoms in total. The molecule has 0 bridgehead atoms. The maximum atomic E-state index is 12.6. The van der Waals surface area contributed by atoms with Gasteiger partial charge in [-0.05, 0) is 36.4 Å². The van der Waals surface area contributed by atoms with Crippen molar-refractivity contribution >= 4 is 0 Å². The van der Waals surface area contributed by atoms with Crippen LogP contribution in [-0.4, -0.2) is 12.6 Å². The van der Waals surface area contributed by atoms with Crippen LogP contribution in [0.4, 0.5) is 8.78 Å². The van der Waals surface area contributed by atoms with E-state index in [1.807, 2.05) is 6.07 Å². The van der Waals surface area contributed by atoms with Crippen LogP contribution < -0.4 is 5.32 Å². The van der Waals surface area contributed by atoms with Gasteiger partial charge in [-0.2, -0.15) is 0 Å². The lowest BCUT2D eigenvalue weighted by Crippen LogP contribution is -2.25. The van der Waals surface area contributed by atoms with Gasteiger partial charge in [-0.25, -0.2) is 8.78 Å². The fraction of sp³-hybridized carbons (Fsp3) is 0.571. The number of alkyl halides is 2. The largest absolute Gasteiger partial charge is 0.314 e. The van der Waals surface area contributed by atoms with Crippen LogP contribution in [-0.2, 0) is 0 Å². The van der Waals surface area contributed by atoms with Gasteiger partial charge in [0.05, 0.1) is 0 Å². The molecule has 1 aromatic carbocycles.